The van der Waals surface area contributed by atoms with Crippen molar-refractivity contribution in [3.8, 4) is 17.2 Å². The highest BCUT2D eigenvalue weighted by Crippen LogP contribution is 2.38. The summed E-state index contributed by atoms with van der Waals surface area (Å²) in [6.45, 7) is 6.00. The zero-order valence-electron chi connectivity index (χ0n) is 18.2. The van der Waals surface area contributed by atoms with E-state index in [1.807, 2.05) is 35.2 Å². The number of fused-ring (bicyclic) bond motifs is 1. The molecule has 1 amide bonds. The average Bonchev–Trinajstić information content (AvgIpc) is 3.49. The molecule has 0 N–H and O–H groups in total. The van der Waals surface area contributed by atoms with E-state index in [-0.39, 0.29) is 17.7 Å². The number of rotatable bonds is 5. The molecule has 2 aromatic carbocycles. The van der Waals surface area contributed by atoms with E-state index in [1.165, 1.54) is 22.9 Å². The van der Waals surface area contributed by atoms with Gasteiger partial charge in [-0.15, -0.1) is 5.10 Å². The molecule has 0 saturated carbocycles. The second-order valence-corrected chi connectivity index (χ2v) is 9.02. The van der Waals surface area contributed by atoms with Crippen LogP contribution in [0.15, 0.2) is 41.6 Å². The predicted octanol–water partition coefficient (Wildman–Crippen LogP) is 3.51. The summed E-state index contributed by atoms with van der Waals surface area (Å²) in [5, 5.41) is 12.7. The van der Waals surface area contributed by atoms with Crippen LogP contribution >= 0.6 is 11.8 Å². The first kappa shape index (κ1) is 20.8. The van der Waals surface area contributed by atoms with Crippen LogP contribution in [0.4, 0.5) is 0 Å². The number of carbonyl (C=O) groups is 1. The van der Waals surface area contributed by atoms with Crippen molar-refractivity contribution in [2.75, 3.05) is 25.5 Å². The maximum Gasteiger partial charge on any atom is 0.233 e. The molecule has 32 heavy (non-hydrogen) atoms. The van der Waals surface area contributed by atoms with Gasteiger partial charge < -0.3 is 14.4 Å². The van der Waals surface area contributed by atoms with Crippen LogP contribution in [0.3, 0.4) is 0 Å². The predicted molar refractivity (Wildman–Crippen MR) is 120 cm³/mol. The fourth-order valence-corrected chi connectivity index (χ4v) is 4.95. The molecule has 166 valence electrons. The average molecular weight is 452 g/mol. The van der Waals surface area contributed by atoms with Crippen molar-refractivity contribution in [3.05, 3.63) is 53.1 Å². The maximum atomic E-state index is 13.1. The first-order valence-corrected chi connectivity index (χ1v) is 11.8. The zero-order chi connectivity index (χ0) is 22.1. The van der Waals surface area contributed by atoms with Crippen molar-refractivity contribution in [2.24, 2.45) is 0 Å². The summed E-state index contributed by atoms with van der Waals surface area (Å²) in [4.78, 5) is 15.1. The molecule has 8 nitrogen and oxygen atoms in total. The number of hydrogen-bond donors (Lipinski definition) is 0. The number of carbonyl (C=O) groups excluding carboxylic acids is 1. The third-order valence-electron chi connectivity index (χ3n) is 6.02. The Morgan fingerprint density at radius 3 is 2.78 bits per heavy atom. The molecule has 1 fully saturated rings. The number of benzene rings is 2. The summed E-state index contributed by atoms with van der Waals surface area (Å²) in [5.74, 6) is 1.90. The molecule has 1 atom stereocenters. The highest BCUT2D eigenvalue weighted by Gasteiger charge is 2.31. The van der Waals surface area contributed by atoms with Crippen molar-refractivity contribution in [2.45, 2.75) is 37.9 Å². The van der Waals surface area contributed by atoms with E-state index in [0.29, 0.717) is 18.4 Å². The van der Waals surface area contributed by atoms with Gasteiger partial charge in [0.15, 0.2) is 11.5 Å². The minimum atomic E-state index is 0.0506. The van der Waals surface area contributed by atoms with Gasteiger partial charge in [0.2, 0.25) is 11.1 Å². The van der Waals surface area contributed by atoms with E-state index in [0.717, 1.165) is 42.1 Å². The molecule has 1 aromatic heterocycles. The van der Waals surface area contributed by atoms with Crippen LogP contribution in [0.1, 0.15) is 35.6 Å². The Kier molecular flexibility index (Phi) is 5.73. The monoisotopic (exact) mass is 451 g/mol. The third kappa shape index (κ3) is 4.04. The number of likely N-dealkylation sites (tertiary alicyclic amines) is 1. The maximum absolute atomic E-state index is 13.1. The van der Waals surface area contributed by atoms with Crippen molar-refractivity contribution in [3.63, 3.8) is 0 Å². The molecular weight excluding hydrogens is 426 g/mol. The van der Waals surface area contributed by atoms with Crippen molar-refractivity contribution in [1.82, 2.24) is 25.1 Å². The Labute approximate surface area is 190 Å². The lowest BCUT2D eigenvalue weighted by Gasteiger charge is -2.26. The van der Waals surface area contributed by atoms with Gasteiger partial charge in [0.1, 0.15) is 13.2 Å². The van der Waals surface area contributed by atoms with Gasteiger partial charge in [-0.3, -0.25) is 4.79 Å². The number of hydrogen-bond acceptors (Lipinski definition) is 7. The molecule has 0 spiro atoms. The fraction of sp³-hybridized carbons (Fsp3) is 0.391. The zero-order valence-corrected chi connectivity index (χ0v) is 19.0. The van der Waals surface area contributed by atoms with Crippen LogP contribution in [-0.2, 0) is 4.79 Å². The van der Waals surface area contributed by atoms with Crippen molar-refractivity contribution >= 4 is 17.7 Å². The van der Waals surface area contributed by atoms with E-state index in [4.69, 9.17) is 9.47 Å². The topological polar surface area (TPSA) is 82.4 Å². The molecule has 2 aliphatic rings. The summed E-state index contributed by atoms with van der Waals surface area (Å²) in [7, 11) is 0. The molecule has 0 unspecified atom stereocenters. The van der Waals surface area contributed by atoms with E-state index >= 15 is 0 Å². The first-order valence-electron chi connectivity index (χ1n) is 10.8. The van der Waals surface area contributed by atoms with Gasteiger partial charge in [-0.25, -0.2) is 0 Å². The van der Waals surface area contributed by atoms with Crippen LogP contribution in [0.2, 0.25) is 0 Å². The summed E-state index contributed by atoms with van der Waals surface area (Å²) in [6, 6.07) is 12.1. The number of amides is 1. The Bertz CT molecular complexity index is 1150. The molecule has 9 heteroatoms. The van der Waals surface area contributed by atoms with Crippen LogP contribution < -0.4 is 9.47 Å². The van der Waals surface area contributed by atoms with E-state index in [9.17, 15) is 4.79 Å². The smallest absolute Gasteiger partial charge is 0.233 e. The summed E-state index contributed by atoms with van der Waals surface area (Å²) in [5.41, 5.74) is 4.36. The molecule has 0 bridgehead atoms. The minimum absolute atomic E-state index is 0.0506. The summed E-state index contributed by atoms with van der Waals surface area (Å²) >= 11 is 1.36. The van der Waals surface area contributed by atoms with Gasteiger partial charge in [0.25, 0.3) is 0 Å². The quantitative estimate of drug-likeness (QED) is 0.549. The van der Waals surface area contributed by atoms with Crippen LogP contribution in [0.5, 0.6) is 11.5 Å². The fourth-order valence-electron chi connectivity index (χ4n) is 4.18. The van der Waals surface area contributed by atoms with Gasteiger partial charge in [-0.1, -0.05) is 23.9 Å². The number of tetrazole rings is 1. The van der Waals surface area contributed by atoms with E-state index < -0.39 is 0 Å². The Balaban J connectivity index is 1.28. The van der Waals surface area contributed by atoms with E-state index in [1.54, 1.807) is 4.68 Å². The van der Waals surface area contributed by atoms with Gasteiger partial charge >= 0.3 is 0 Å². The number of aryl methyl sites for hydroxylation is 2. The molecule has 3 aromatic rings. The largest absolute Gasteiger partial charge is 0.486 e. The summed E-state index contributed by atoms with van der Waals surface area (Å²) in [6.07, 6.45) is 1.92. The lowest BCUT2D eigenvalue weighted by molar-refractivity contribution is -0.129. The molecule has 3 heterocycles. The number of thioether (sulfide) groups is 1. The SMILES string of the molecule is Cc1ccc(-n2nnnc2SCC(=O)N2CCC[C@@H]2c2ccc3c(c2)OCCO3)cc1C. The molecular formula is C23H25N5O3S. The van der Waals surface area contributed by atoms with E-state index in [2.05, 4.69) is 35.4 Å². The van der Waals surface area contributed by atoms with Gasteiger partial charge in [-0.2, -0.15) is 4.68 Å². The highest BCUT2D eigenvalue weighted by atomic mass is 32.2. The third-order valence-corrected chi connectivity index (χ3v) is 6.93. The van der Waals surface area contributed by atoms with Crippen molar-refractivity contribution in [1.29, 1.82) is 0 Å². The second-order valence-electron chi connectivity index (χ2n) is 8.08. The van der Waals surface area contributed by atoms with Crippen LogP contribution in [0.25, 0.3) is 5.69 Å². The molecule has 2 aliphatic heterocycles. The van der Waals surface area contributed by atoms with Gasteiger partial charge in [-0.05, 0) is 78.1 Å². The normalized spacial score (nSPS) is 17.6. The molecule has 0 aliphatic carbocycles. The second kappa shape index (κ2) is 8.82. The Morgan fingerprint density at radius 2 is 1.94 bits per heavy atom. The van der Waals surface area contributed by atoms with Crippen LogP contribution in [0, 0.1) is 13.8 Å². The molecule has 5 rings (SSSR count). The number of nitrogens with zero attached hydrogens (tertiary/aromatic N) is 5. The summed E-state index contributed by atoms with van der Waals surface area (Å²) < 4.78 is 13.0. The standard InChI is InChI=1S/C23H25N5O3S/c1-15-5-7-18(12-16(15)2)28-23(24-25-26-28)32-14-22(29)27-9-3-4-19(27)17-6-8-20-21(13-17)31-11-10-30-20/h5-8,12-13,19H,3-4,9-11,14H2,1-2H3/t19-/m1/s1. The molecule has 1 saturated heterocycles. The van der Waals surface area contributed by atoms with Gasteiger partial charge in [0, 0.05) is 6.54 Å². The Hall–Kier alpha value is -3.07. The molecule has 0 radical (unpaired) electrons. The minimum Gasteiger partial charge on any atom is -0.486 e. The van der Waals surface area contributed by atoms with Gasteiger partial charge in [0.05, 0.1) is 17.5 Å². The Morgan fingerprint density at radius 1 is 1.09 bits per heavy atom. The lowest BCUT2D eigenvalue weighted by Crippen LogP contribution is -2.32. The highest BCUT2D eigenvalue weighted by molar-refractivity contribution is 7.99. The lowest BCUT2D eigenvalue weighted by atomic mass is 10.0. The van der Waals surface area contributed by atoms with Crippen LogP contribution in [-0.4, -0.2) is 56.5 Å². The number of aromatic nitrogens is 4. The first-order chi connectivity index (χ1) is 15.6. The van der Waals surface area contributed by atoms with Crippen molar-refractivity contribution < 1.29 is 14.3 Å². The number of ether oxygens (including phenoxy) is 2.